The van der Waals surface area contributed by atoms with Gasteiger partial charge >= 0.3 is 29.6 Å². The van der Waals surface area contributed by atoms with Crippen molar-refractivity contribution in [3.05, 3.63) is 70.8 Å². The quantitative estimate of drug-likeness (QED) is 0.174. The molecular weight excluding hydrogens is 451 g/mol. The van der Waals surface area contributed by atoms with E-state index in [9.17, 15) is 13.0 Å². The maximum absolute atomic E-state index is 12.6. The van der Waals surface area contributed by atoms with Crippen molar-refractivity contribution in [2.24, 2.45) is 0 Å². The Bertz CT molecular complexity index is 852. The van der Waals surface area contributed by atoms with Crippen LogP contribution >= 0.6 is 0 Å². The van der Waals surface area contributed by atoms with Crippen molar-refractivity contribution in [2.45, 2.75) is 109 Å². The van der Waals surface area contributed by atoms with Gasteiger partial charge in [-0.05, 0) is 47.9 Å². The molecule has 184 valence electrons. The van der Waals surface area contributed by atoms with Gasteiger partial charge in [0.05, 0.1) is 5.25 Å². The fourth-order valence-electron chi connectivity index (χ4n) is 4.71. The fraction of sp³-hybridized carbons (Fsp3) is 0.586. The van der Waals surface area contributed by atoms with Crippen LogP contribution in [0.1, 0.15) is 118 Å². The summed E-state index contributed by atoms with van der Waals surface area (Å²) >= 11 is 0. The summed E-state index contributed by atoms with van der Waals surface area (Å²) in [7, 11) is -4.55. The molecule has 0 spiro atoms. The Labute approximate surface area is 231 Å². The van der Waals surface area contributed by atoms with Gasteiger partial charge in [0.1, 0.15) is 10.1 Å². The van der Waals surface area contributed by atoms with Crippen LogP contribution in [0.15, 0.2) is 48.5 Å². The first-order valence-electron chi connectivity index (χ1n) is 13.1. The minimum absolute atomic E-state index is 0. The third kappa shape index (κ3) is 11.0. The summed E-state index contributed by atoms with van der Waals surface area (Å²) in [5.74, 6) is 0. The third-order valence-electron chi connectivity index (χ3n) is 6.56. The molecule has 0 bridgehead atoms. The van der Waals surface area contributed by atoms with Crippen molar-refractivity contribution in [1.29, 1.82) is 0 Å². The number of unbranched alkanes of at least 4 members (excludes halogenated alkanes) is 10. The van der Waals surface area contributed by atoms with Crippen LogP contribution in [0.25, 0.3) is 0 Å². The summed E-state index contributed by atoms with van der Waals surface area (Å²) in [6.45, 7) is 4.42. The molecule has 2 aromatic carbocycles. The molecule has 0 saturated carbocycles. The van der Waals surface area contributed by atoms with Gasteiger partial charge < -0.3 is 4.55 Å². The van der Waals surface area contributed by atoms with Crippen LogP contribution in [0, 0.1) is 0 Å². The predicted octanol–water partition coefficient (Wildman–Crippen LogP) is 5.13. The van der Waals surface area contributed by atoms with Gasteiger partial charge in [-0.25, -0.2) is 8.42 Å². The maximum atomic E-state index is 12.6. The van der Waals surface area contributed by atoms with Crippen molar-refractivity contribution in [2.75, 3.05) is 0 Å². The van der Waals surface area contributed by atoms with Crippen molar-refractivity contribution in [1.82, 2.24) is 0 Å². The minimum atomic E-state index is -4.55. The first-order valence-corrected chi connectivity index (χ1v) is 14.6. The fourth-order valence-corrected chi connectivity index (χ4v) is 5.79. The van der Waals surface area contributed by atoms with E-state index in [-0.39, 0.29) is 29.6 Å². The van der Waals surface area contributed by atoms with E-state index in [4.69, 9.17) is 0 Å². The molecule has 2 rings (SSSR count). The molecule has 0 amide bonds. The smallest absolute Gasteiger partial charge is 0.747 e. The van der Waals surface area contributed by atoms with Crippen LogP contribution in [-0.4, -0.2) is 13.0 Å². The van der Waals surface area contributed by atoms with Gasteiger partial charge in [0, 0.05) is 0 Å². The van der Waals surface area contributed by atoms with Gasteiger partial charge in [-0.3, -0.25) is 0 Å². The summed E-state index contributed by atoms with van der Waals surface area (Å²) < 4.78 is 37.7. The van der Waals surface area contributed by atoms with Gasteiger partial charge in [0.15, 0.2) is 0 Å². The first-order chi connectivity index (χ1) is 16.0. The van der Waals surface area contributed by atoms with E-state index < -0.39 is 15.4 Å². The Balaban J connectivity index is 0.00000578. The van der Waals surface area contributed by atoms with Gasteiger partial charge in [0.25, 0.3) is 0 Å². The van der Waals surface area contributed by atoms with Gasteiger partial charge in [-0.1, -0.05) is 127 Å². The molecule has 0 saturated heterocycles. The molecule has 34 heavy (non-hydrogen) atoms. The molecular formula is C29H43NaO3S. The van der Waals surface area contributed by atoms with E-state index in [1.165, 1.54) is 51.4 Å². The zero-order valence-corrected chi connectivity index (χ0v) is 24.5. The SMILES string of the molecule is CCCCCCCCc1ccccc1C(c1ccccc1CCCCCCCC)S(=O)(=O)[O-].[Na+]. The molecule has 0 fully saturated rings. The zero-order valence-electron chi connectivity index (χ0n) is 21.7. The summed E-state index contributed by atoms with van der Waals surface area (Å²) in [6.07, 6.45) is 15.8. The average molecular weight is 495 g/mol. The standard InChI is InChI=1S/C29H44O3S.Na/c1-3-5-7-9-11-13-19-25-21-15-17-23-27(25)29(33(30,31)32)28-24-18-16-22-26(28)20-14-12-10-8-6-4-2;/h15-18,21-24,29H,3-14,19-20H2,1-2H3,(H,30,31,32);/q;+1/p-1. The Morgan fingerprint density at radius 3 is 1.35 bits per heavy atom. The third-order valence-corrected chi connectivity index (χ3v) is 7.65. The van der Waals surface area contributed by atoms with Crippen LogP contribution in [0.5, 0.6) is 0 Å². The van der Waals surface area contributed by atoms with E-state index in [2.05, 4.69) is 13.8 Å². The molecule has 2 aromatic rings. The summed E-state index contributed by atoms with van der Waals surface area (Å²) in [4.78, 5) is 0. The predicted molar refractivity (Wildman–Crippen MR) is 139 cm³/mol. The van der Waals surface area contributed by atoms with Crippen LogP contribution in [0.2, 0.25) is 0 Å². The molecule has 0 heterocycles. The summed E-state index contributed by atoms with van der Waals surface area (Å²) in [6, 6.07) is 15.3. The van der Waals surface area contributed by atoms with Crippen LogP contribution in [0.4, 0.5) is 0 Å². The molecule has 3 nitrogen and oxygen atoms in total. The van der Waals surface area contributed by atoms with Gasteiger partial charge in [0.2, 0.25) is 0 Å². The molecule has 0 radical (unpaired) electrons. The number of rotatable bonds is 17. The minimum Gasteiger partial charge on any atom is -0.747 e. The number of hydrogen-bond acceptors (Lipinski definition) is 3. The van der Waals surface area contributed by atoms with Crippen molar-refractivity contribution in [3.63, 3.8) is 0 Å². The monoisotopic (exact) mass is 494 g/mol. The van der Waals surface area contributed by atoms with Crippen LogP contribution < -0.4 is 29.6 Å². The van der Waals surface area contributed by atoms with E-state index in [0.29, 0.717) is 11.1 Å². The van der Waals surface area contributed by atoms with E-state index >= 15 is 0 Å². The normalized spacial score (nSPS) is 11.5. The Morgan fingerprint density at radius 1 is 0.618 bits per heavy atom. The summed E-state index contributed by atoms with van der Waals surface area (Å²) in [5, 5.41) is -1.13. The molecule has 0 aliphatic rings. The number of benzene rings is 2. The second-order valence-corrected chi connectivity index (χ2v) is 10.8. The molecule has 0 aromatic heterocycles. The largest absolute Gasteiger partial charge is 1.00 e. The first kappa shape index (κ1) is 31.4. The van der Waals surface area contributed by atoms with Crippen molar-refractivity contribution >= 4 is 10.1 Å². The molecule has 0 aliphatic carbocycles. The summed E-state index contributed by atoms with van der Waals surface area (Å²) in [5.41, 5.74) is 3.31. The van der Waals surface area contributed by atoms with E-state index in [1.807, 2.05) is 48.5 Å². The van der Waals surface area contributed by atoms with Crippen molar-refractivity contribution in [3.8, 4) is 0 Å². The number of aryl methyl sites for hydroxylation is 2. The zero-order chi connectivity index (χ0) is 23.9. The Morgan fingerprint density at radius 2 is 0.971 bits per heavy atom. The molecule has 0 unspecified atom stereocenters. The Kier molecular flexibility index (Phi) is 16.4. The van der Waals surface area contributed by atoms with Gasteiger partial charge in [-0.15, -0.1) is 0 Å². The van der Waals surface area contributed by atoms with E-state index in [1.54, 1.807) is 0 Å². The molecule has 0 atom stereocenters. The molecule has 5 heteroatoms. The maximum Gasteiger partial charge on any atom is 1.00 e. The number of hydrogen-bond donors (Lipinski definition) is 0. The second kappa shape index (κ2) is 17.7. The van der Waals surface area contributed by atoms with E-state index in [0.717, 1.165) is 49.7 Å². The second-order valence-electron chi connectivity index (χ2n) is 9.31. The molecule has 0 aliphatic heterocycles. The van der Waals surface area contributed by atoms with Crippen LogP contribution in [0.3, 0.4) is 0 Å². The topological polar surface area (TPSA) is 57.2 Å². The van der Waals surface area contributed by atoms with Crippen molar-refractivity contribution < 1.29 is 42.5 Å². The average Bonchev–Trinajstić information content (AvgIpc) is 2.79. The van der Waals surface area contributed by atoms with Gasteiger partial charge in [-0.2, -0.15) is 0 Å². The van der Waals surface area contributed by atoms with Crippen LogP contribution in [-0.2, 0) is 23.0 Å². The molecule has 0 N–H and O–H groups in total. The Hall–Kier alpha value is -0.650.